The van der Waals surface area contributed by atoms with Gasteiger partial charge in [0.15, 0.2) is 0 Å². The van der Waals surface area contributed by atoms with Crippen molar-refractivity contribution >= 4 is 29.7 Å². The average molecular weight is 640 g/mol. The molecule has 3 aliphatic rings. The van der Waals surface area contributed by atoms with E-state index in [9.17, 15) is 24.0 Å². The Labute approximate surface area is 271 Å². The molecule has 1 aromatic rings. The number of nitrogens with zero attached hydrogens (tertiary/aromatic N) is 1. The molecule has 5 atom stereocenters. The highest BCUT2D eigenvalue weighted by Gasteiger charge is 2.60. The van der Waals surface area contributed by atoms with Crippen LogP contribution in [0.3, 0.4) is 0 Å². The molecule has 2 aliphatic heterocycles. The summed E-state index contributed by atoms with van der Waals surface area (Å²) in [4.78, 5) is 67.9. The molecule has 2 fully saturated rings. The van der Waals surface area contributed by atoms with Gasteiger partial charge in [0.1, 0.15) is 23.2 Å². The number of benzene rings is 1. The molecule has 1 aromatic carbocycles. The fourth-order valence-electron chi connectivity index (χ4n) is 6.03. The molecule has 0 radical (unpaired) electrons. The summed E-state index contributed by atoms with van der Waals surface area (Å²) < 4.78 is 11.0. The Hall–Kier alpha value is -3.93. The van der Waals surface area contributed by atoms with Crippen LogP contribution < -0.4 is 21.3 Å². The van der Waals surface area contributed by atoms with E-state index in [-0.39, 0.29) is 55.7 Å². The Morgan fingerprint density at radius 1 is 1.07 bits per heavy atom. The average Bonchev–Trinajstić information content (AvgIpc) is 3.52. The number of amides is 5. The number of alkyl carbamates (subject to hydrolysis) is 1. The third-order valence-electron chi connectivity index (χ3n) is 8.64. The molecule has 12 nitrogen and oxygen atoms in total. The molecule has 4 rings (SSSR count). The van der Waals surface area contributed by atoms with Gasteiger partial charge < -0.3 is 35.6 Å². The van der Waals surface area contributed by atoms with Crippen LogP contribution in [-0.4, -0.2) is 84.1 Å². The second kappa shape index (κ2) is 15.6. The van der Waals surface area contributed by atoms with E-state index in [1.54, 1.807) is 20.8 Å². The summed E-state index contributed by atoms with van der Waals surface area (Å²) in [5.74, 6) is -1.60. The molecule has 5 amide bonds. The van der Waals surface area contributed by atoms with Crippen LogP contribution in [-0.2, 0) is 35.2 Å². The van der Waals surface area contributed by atoms with Crippen LogP contribution in [0.1, 0.15) is 77.7 Å². The topological polar surface area (TPSA) is 155 Å². The van der Waals surface area contributed by atoms with Crippen molar-refractivity contribution in [1.29, 1.82) is 0 Å². The number of ether oxygens (including phenoxy) is 2. The summed E-state index contributed by atoms with van der Waals surface area (Å²) in [6, 6.07) is 7.80. The molecule has 12 heteroatoms. The standard InChI is InChI=1S/C34H49N5O7/c1-33(2,3)46-32(44)37-26-16-12-7-5-6-11-15-24-20-34(24,38-29(41)27-19-25(45-4)22-39(27)30(26)42)31(43)35-18-17-28(40)36-21-23-13-9-8-10-14-23/h8-11,13-15,24-27H,5-7,12,16-22H2,1-4H3,(H,35,43)(H,36,40)(H,37,44)(H,38,41)/b15-11-/t24-,25-,26+,27+,34-/m1/s1. The van der Waals surface area contributed by atoms with Gasteiger partial charge in [0, 0.05) is 45.5 Å². The Morgan fingerprint density at radius 2 is 1.83 bits per heavy atom. The van der Waals surface area contributed by atoms with Crippen molar-refractivity contribution in [3.05, 3.63) is 48.0 Å². The number of carbonyl (C=O) groups is 5. The molecule has 252 valence electrons. The minimum atomic E-state index is -1.18. The van der Waals surface area contributed by atoms with Crippen LogP contribution in [0.25, 0.3) is 0 Å². The molecular weight excluding hydrogens is 590 g/mol. The molecular formula is C34H49N5O7. The fraction of sp³-hybridized carbons (Fsp3) is 0.618. The number of methoxy groups -OCH3 is 1. The lowest BCUT2D eigenvalue weighted by molar-refractivity contribution is -0.141. The van der Waals surface area contributed by atoms with Gasteiger partial charge in [-0.25, -0.2) is 4.79 Å². The number of rotatable bonds is 8. The summed E-state index contributed by atoms with van der Waals surface area (Å²) in [5, 5.41) is 11.4. The summed E-state index contributed by atoms with van der Waals surface area (Å²) in [6.07, 6.45) is 7.31. The lowest BCUT2D eigenvalue weighted by Gasteiger charge is -2.30. The van der Waals surface area contributed by atoms with Crippen LogP contribution >= 0.6 is 0 Å². The van der Waals surface area contributed by atoms with Crippen molar-refractivity contribution in [3.8, 4) is 0 Å². The Kier molecular flexibility index (Phi) is 11.8. The predicted octanol–water partition coefficient (Wildman–Crippen LogP) is 2.71. The maximum absolute atomic E-state index is 13.9. The predicted molar refractivity (Wildman–Crippen MR) is 171 cm³/mol. The van der Waals surface area contributed by atoms with E-state index in [2.05, 4.69) is 21.3 Å². The number of nitrogens with one attached hydrogen (secondary N) is 4. The quantitative estimate of drug-likeness (QED) is 0.319. The highest BCUT2D eigenvalue weighted by atomic mass is 16.6. The lowest BCUT2D eigenvalue weighted by atomic mass is 10.0. The highest BCUT2D eigenvalue weighted by Crippen LogP contribution is 2.45. The van der Waals surface area contributed by atoms with Gasteiger partial charge in [0.05, 0.1) is 6.10 Å². The van der Waals surface area contributed by atoms with Crippen LogP contribution in [0.4, 0.5) is 4.79 Å². The van der Waals surface area contributed by atoms with Gasteiger partial charge in [-0.3, -0.25) is 19.2 Å². The summed E-state index contributed by atoms with van der Waals surface area (Å²) >= 11 is 0. The number of hydrogen-bond acceptors (Lipinski definition) is 7. The second-order valence-electron chi connectivity index (χ2n) is 13.4. The van der Waals surface area contributed by atoms with Crippen molar-refractivity contribution in [3.63, 3.8) is 0 Å². The number of fused-ring (bicyclic) bond motifs is 2. The SMILES string of the molecule is CO[C@@H]1C[C@H]2C(=O)N[C@]3(C(=O)NCCC(=O)NCc4ccccc4)C[C@H]3/C=C\CCCCC[C@H](NC(=O)OC(C)(C)C)C(=O)N2C1. The highest BCUT2D eigenvalue weighted by molar-refractivity contribution is 5.98. The lowest BCUT2D eigenvalue weighted by Crippen LogP contribution is -2.58. The first-order valence-corrected chi connectivity index (χ1v) is 16.3. The smallest absolute Gasteiger partial charge is 0.408 e. The first kappa shape index (κ1) is 34.9. The molecule has 4 N–H and O–H groups in total. The third-order valence-corrected chi connectivity index (χ3v) is 8.64. The largest absolute Gasteiger partial charge is 0.444 e. The second-order valence-corrected chi connectivity index (χ2v) is 13.4. The molecule has 46 heavy (non-hydrogen) atoms. The molecule has 1 aliphatic carbocycles. The van der Waals surface area contributed by atoms with Crippen molar-refractivity contribution < 1.29 is 33.4 Å². The van der Waals surface area contributed by atoms with E-state index in [0.717, 1.165) is 24.8 Å². The van der Waals surface area contributed by atoms with Gasteiger partial charge in [-0.05, 0) is 52.0 Å². The molecule has 0 unspecified atom stereocenters. The number of hydrogen-bond donors (Lipinski definition) is 4. The molecule has 0 spiro atoms. The van der Waals surface area contributed by atoms with E-state index in [4.69, 9.17) is 9.47 Å². The van der Waals surface area contributed by atoms with Crippen molar-refractivity contribution in [2.75, 3.05) is 20.2 Å². The zero-order chi connectivity index (χ0) is 33.3. The minimum Gasteiger partial charge on any atom is -0.444 e. The van der Waals surface area contributed by atoms with E-state index < -0.39 is 35.2 Å². The summed E-state index contributed by atoms with van der Waals surface area (Å²) in [6.45, 7) is 5.95. The van der Waals surface area contributed by atoms with Crippen molar-refractivity contribution in [2.24, 2.45) is 5.92 Å². The van der Waals surface area contributed by atoms with Gasteiger partial charge in [0.2, 0.25) is 23.6 Å². The molecule has 0 bridgehead atoms. The van der Waals surface area contributed by atoms with Crippen molar-refractivity contribution in [2.45, 2.75) is 108 Å². The zero-order valence-corrected chi connectivity index (χ0v) is 27.4. The Balaban J connectivity index is 1.45. The first-order chi connectivity index (χ1) is 21.9. The maximum Gasteiger partial charge on any atom is 0.408 e. The first-order valence-electron chi connectivity index (χ1n) is 16.3. The normalized spacial score (nSPS) is 27.5. The van der Waals surface area contributed by atoms with Crippen LogP contribution in [0, 0.1) is 5.92 Å². The molecule has 0 aromatic heterocycles. The minimum absolute atomic E-state index is 0.0928. The summed E-state index contributed by atoms with van der Waals surface area (Å²) in [7, 11) is 1.53. The van der Waals surface area contributed by atoms with Crippen LogP contribution in [0.15, 0.2) is 42.5 Å². The molecule has 1 saturated carbocycles. The Morgan fingerprint density at radius 3 is 2.54 bits per heavy atom. The fourth-order valence-corrected chi connectivity index (χ4v) is 6.03. The van der Waals surface area contributed by atoms with Gasteiger partial charge in [-0.1, -0.05) is 55.3 Å². The summed E-state index contributed by atoms with van der Waals surface area (Å²) in [5.41, 5.74) is -0.938. The van der Waals surface area contributed by atoms with Gasteiger partial charge in [-0.15, -0.1) is 0 Å². The van der Waals surface area contributed by atoms with Gasteiger partial charge in [0.25, 0.3) is 0 Å². The monoisotopic (exact) mass is 639 g/mol. The third kappa shape index (κ3) is 9.54. The van der Waals surface area contributed by atoms with Crippen LogP contribution in [0.2, 0.25) is 0 Å². The van der Waals surface area contributed by atoms with Crippen LogP contribution in [0.5, 0.6) is 0 Å². The zero-order valence-electron chi connectivity index (χ0n) is 27.4. The van der Waals surface area contributed by atoms with Gasteiger partial charge >= 0.3 is 6.09 Å². The molecule has 1 saturated heterocycles. The number of carbonyl (C=O) groups excluding carboxylic acids is 5. The maximum atomic E-state index is 13.9. The Bertz CT molecular complexity index is 1280. The molecule has 2 heterocycles. The van der Waals surface area contributed by atoms with E-state index in [0.29, 0.717) is 25.8 Å². The number of allylic oxidation sites excluding steroid dienone is 1. The van der Waals surface area contributed by atoms with Gasteiger partial charge in [-0.2, -0.15) is 0 Å². The van der Waals surface area contributed by atoms with Crippen molar-refractivity contribution in [1.82, 2.24) is 26.2 Å². The van der Waals surface area contributed by atoms with E-state index in [1.165, 1.54) is 12.0 Å². The van der Waals surface area contributed by atoms with E-state index >= 15 is 0 Å². The van der Waals surface area contributed by atoms with E-state index in [1.807, 2.05) is 42.5 Å².